The van der Waals surface area contributed by atoms with Crippen LogP contribution < -0.4 is 4.90 Å². The van der Waals surface area contributed by atoms with Gasteiger partial charge in [-0.1, -0.05) is 13.8 Å². The van der Waals surface area contributed by atoms with Crippen LogP contribution in [0.2, 0.25) is 0 Å². The third-order valence-electron chi connectivity index (χ3n) is 4.14. The van der Waals surface area contributed by atoms with Crippen molar-refractivity contribution >= 4 is 11.9 Å². The average Bonchev–Trinajstić information content (AvgIpc) is 2.51. The third-order valence-corrected chi connectivity index (χ3v) is 4.14. The number of hydrogen-bond acceptors (Lipinski definition) is 5. The van der Waals surface area contributed by atoms with Crippen molar-refractivity contribution in [3.63, 3.8) is 0 Å². The molecule has 22 heavy (non-hydrogen) atoms. The Balaban J connectivity index is 1.91. The summed E-state index contributed by atoms with van der Waals surface area (Å²) in [6, 6.07) is 1.98. The van der Waals surface area contributed by atoms with Crippen LogP contribution in [0.25, 0.3) is 0 Å². The van der Waals surface area contributed by atoms with Crippen molar-refractivity contribution in [3.05, 3.63) is 17.5 Å². The first-order valence-corrected chi connectivity index (χ1v) is 8.10. The maximum absolute atomic E-state index is 12.3. The molecule has 0 aliphatic carbocycles. The third kappa shape index (κ3) is 4.16. The standard InChI is InChI=1S/C16H27N5O/c1-5-19(6-2)12-15(22)20-7-9-21(10-8-20)16-17-13(3)11-14(4)18-16/h11H,5-10,12H2,1-4H3. The van der Waals surface area contributed by atoms with Gasteiger partial charge in [-0.25, -0.2) is 9.97 Å². The molecule has 0 spiro atoms. The van der Waals surface area contributed by atoms with Gasteiger partial charge in [0.1, 0.15) is 0 Å². The summed E-state index contributed by atoms with van der Waals surface area (Å²) in [5, 5.41) is 0. The quantitative estimate of drug-likeness (QED) is 0.815. The summed E-state index contributed by atoms with van der Waals surface area (Å²) in [7, 11) is 0. The summed E-state index contributed by atoms with van der Waals surface area (Å²) in [6.45, 7) is 13.6. The molecule has 0 atom stereocenters. The van der Waals surface area contributed by atoms with Crippen LogP contribution in [0.4, 0.5) is 5.95 Å². The van der Waals surface area contributed by atoms with Crippen LogP contribution in [0, 0.1) is 13.8 Å². The molecule has 0 aromatic carbocycles. The normalized spacial score (nSPS) is 15.5. The van der Waals surface area contributed by atoms with Crippen molar-refractivity contribution in [2.45, 2.75) is 27.7 Å². The summed E-state index contributed by atoms with van der Waals surface area (Å²) in [6.07, 6.45) is 0. The Bertz CT molecular complexity index is 487. The fourth-order valence-electron chi connectivity index (χ4n) is 2.74. The second-order valence-electron chi connectivity index (χ2n) is 5.78. The molecule has 6 nitrogen and oxygen atoms in total. The van der Waals surface area contributed by atoms with E-state index in [1.165, 1.54) is 0 Å². The number of carbonyl (C=O) groups is 1. The molecule has 1 fully saturated rings. The molecular formula is C16H27N5O. The number of likely N-dealkylation sites (N-methyl/N-ethyl adjacent to an activating group) is 1. The van der Waals surface area contributed by atoms with Crippen LogP contribution in [0.15, 0.2) is 6.07 Å². The van der Waals surface area contributed by atoms with Gasteiger partial charge in [0.25, 0.3) is 0 Å². The molecule has 2 heterocycles. The van der Waals surface area contributed by atoms with E-state index in [2.05, 4.69) is 33.6 Å². The monoisotopic (exact) mass is 305 g/mol. The summed E-state index contributed by atoms with van der Waals surface area (Å²) in [5.41, 5.74) is 1.98. The molecule has 2 rings (SSSR count). The molecule has 0 bridgehead atoms. The van der Waals surface area contributed by atoms with E-state index in [0.717, 1.165) is 56.6 Å². The van der Waals surface area contributed by atoms with Crippen molar-refractivity contribution in [2.24, 2.45) is 0 Å². The summed E-state index contributed by atoms with van der Waals surface area (Å²) < 4.78 is 0. The Hall–Kier alpha value is -1.69. The lowest BCUT2D eigenvalue weighted by Gasteiger charge is -2.35. The van der Waals surface area contributed by atoms with Crippen LogP contribution in [0.5, 0.6) is 0 Å². The molecule has 1 aromatic rings. The van der Waals surface area contributed by atoms with Crippen molar-refractivity contribution in [3.8, 4) is 0 Å². The van der Waals surface area contributed by atoms with Crippen LogP contribution in [0.1, 0.15) is 25.2 Å². The molecule has 6 heteroatoms. The van der Waals surface area contributed by atoms with E-state index >= 15 is 0 Å². The fraction of sp³-hybridized carbons (Fsp3) is 0.688. The fourth-order valence-corrected chi connectivity index (χ4v) is 2.74. The molecule has 122 valence electrons. The largest absolute Gasteiger partial charge is 0.338 e. The van der Waals surface area contributed by atoms with Gasteiger partial charge in [-0.15, -0.1) is 0 Å². The van der Waals surface area contributed by atoms with Gasteiger partial charge in [-0.3, -0.25) is 9.69 Å². The van der Waals surface area contributed by atoms with E-state index in [0.29, 0.717) is 6.54 Å². The van der Waals surface area contributed by atoms with Gasteiger partial charge in [-0.05, 0) is 33.0 Å². The van der Waals surface area contributed by atoms with Crippen LogP contribution in [-0.4, -0.2) is 71.5 Å². The molecule has 1 amide bonds. The molecule has 0 unspecified atom stereocenters. The Morgan fingerprint density at radius 2 is 1.64 bits per heavy atom. The first-order chi connectivity index (χ1) is 10.5. The summed E-state index contributed by atoms with van der Waals surface area (Å²) >= 11 is 0. The van der Waals surface area contributed by atoms with Gasteiger partial charge >= 0.3 is 0 Å². The lowest BCUT2D eigenvalue weighted by Crippen LogP contribution is -2.51. The lowest BCUT2D eigenvalue weighted by atomic mass is 10.3. The Morgan fingerprint density at radius 1 is 1.09 bits per heavy atom. The summed E-state index contributed by atoms with van der Waals surface area (Å²) in [4.78, 5) is 27.6. The zero-order valence-electron chi connectivity index (χ0n) is 14.2. The lowest BCUT2D eigenvalue weighted by molar-refractivity contribution is -0.132. The van der Waals surface area contributed by atoms with Gasteiger partial charge < -0.3 is 9.80 Å². The van der Waals surface area contributed by atoms with Crippen molar-refractivity contribution in [2.75, 3.05) is 50.7 Å². The maximum Gasteiger partial charge on any atom is 0.236 e. The zero-order chi connectivity index (χ0) is 16.1. The van der Waals surface area contributed by atoms with E-state index in [9.17, 15) is 4.79 Å². The minimum absolute atomic E-state index is 0.227. The number of hydrogen-bond donors (Lipinski definition) is 0. The molecule has 0 N–H and O–H groups in total. The number of amides is 1. The highest BCUT2D eigenvalue weighted by molar-refractivity contribution is 5.78. The van der Waals surface area contributed by atoms with Crippen LogP contribution in [0.3, 0.4) is 0 Å². The van der Waals surface area contributed by atoms with Gasteiger partial charge in [0.2, 0.25) is 11.9 Å². The summed E-state index contributed by atoms with van der Waals surface area (Å²) in [5.74, 6) is 1.01. The van der Waals surface area contributed by atoms with Gasteiger partial charge in [0.05, 0.1) is 6.54 Å². The first kappa shape index (κ1) is 16.7. The van der Waals surface area contributed by atoms with Crippen LogP contribution >= 0.6 is 0 Å². The first-order valence-electron chi connectivity index (χ1n) is 8.10. The Kier molecular flexibility index (Phi) is 5.71. The minimum Gasteiger partial charge on any atom is -0.338 e. The molecular weight excluding hydrogens is 278 g/mol. The maximum atomic E-state index is 12.3. The van der Waals surface area contributed by atoms with Crippen molar-refractivity contribution in [1.29, 1.82) is 0 Å². The number of aromatic nitrogens is 2. The Morgan fingerprint density at radius 3 is 2.14 bits per heavy atom. The second-order valence-corrected chi connectivity index (χ2v) is 5.78. The number of carbonyl (C=O) groups excluding carboxylic acids is 1. The van der Waals surface area contributed by atoms with Crippen molar-refractivity contribution < 1.29 is 4.79 Å². The van der Waals surface area contributed by atoms with E-state index in [4.69, 9.17) is 0 Å². The predicted molar refractivity (Wildman–Crippen MR) is 88.1 cm³/mol. The van der Waals surface area contributed by atoms with E-state index in [1.807, 2.05) is 24.8 Å². The van der Waals surface area contributed by atoms with E-state index in [-0.39, 0.29) is 5.91 Å². The molecule has 0 radical (unpaired) electrons. The number of anilines is 1. The van der Waals surface area contributed by atoms with Gasteiger partial charge in [0, 0.05) is 37.6 Å². The molecule has 1 aliphatic rings. The smallest absolute Gasteiger partial charge is 0.236 e. The highest BCUT2D eigenvalue weighted by atomic mass is 16.2. The van der Waals surface area contributed by atoms with Gasteiger partial charge in [0.15, 0.2) is 0 Å². The minimum atomic E-state index is 0.227. The van der Waals surface area contributed by atoms with Crippen molar-refractivity contribution in [1.82, 2.24) is 19.8 Å². The Labute approximate surface area is 133 Å². The number of aryl methyl sites for hydroxylation is 2. The highest BCUT2D eigenvalue weighted by Gasteiger charge is 2.23. The predicted octanol–water partition coefficient (Wildman–Crippen LogP) is 1.08. The van der Waals surface area contributed by atoms with E-state index < -0.39 is 0 Å². The second kappa shape index (κ2) is 7.54. The number of piperazine rings is 1. The SMILES string of the molecule is CCN(CC)CC(=O)N1CCN(c2nc(C)cc(C)n2)CC1. The number of rotatable bonds is 5. The topological polar surface area (TPSA) is 52.6 Å². The molecule has 1 saturated heterocycles. The molecule has 1 aromatic heterocycles. The van der Waals surface area contributed by atoms with Crippen LogP contribution in [-0.2, 0) is 4.79 Å². The molecule has 0 saturated carbocycles. The van der Waals surface area contributed by atoms with E-state index in [1.54, 1.807) is 0 Å². The number of nitrogens with zero attached hydrogens (tertiary/aromatic N) is 5. The zero-order valence-corrected chi connectivity index (χ0v) is 14.2. The average molecular weight is 305 g/mol. The highest BCUT2D eigenvalue weighted by Crippen LogP contribution is 2.13. The van der Waals surface area contributed by atoms with Gasteiger partial charge in [-0.2, -0.15) is 0 Å². The molecule has 1 aliphatic heterocycles.